The maximum Gasteiger partial charge on any atom is 0.343 e. The molecule has 24 heavy (non-hydrogen) atoms. The number of Topliss-reactive ketones (excluding diaryl/α,β-unsaturated/α-hetero) is 1. The van der Waals surface area contributed by atoms with E-state index in [0.717, 1.165) is 11.1 Å². The van der Waals surface area contributed by atoms with Crippen LogP contribution in [-0.4, -0.2) is 18.9 Å². The number of nitrogens with one attached hydrogen (secondary N) is 1. The number of carbonyl (C=O) groups excluding carboxylic acids is 2. The van der Waals surface area contributed by atoms with Gasteiger partial charge in [0, 0.05) is 17.5 Å². The number of carbonyl (C=O) groups is 2. The maximum absolute atomic E-state index is 12.9. The molecule has 0 bridgehead atoms. The van der Waals surface area contributed by atoms with Crippen LogP contribution in [0.15, 0.2) is 54.2 Å². The highest BCUT2D eigenvalue weighted by Crippen LogP contribution is 2.16. The van der Waals surface area contributed by atoms with E-state index in [4.69, 9.17) is 0 Å². The molecule has 0 radical (unpaired) electrons. The fraction of sp³-hybridized carbons (Fsp3) is 0.158. The summed E-state index contributed by atoms with van der Waals surface area (Å²) in [5.74, 6) is -1.56. The van der Waals surface area contributed by atoms with Gasteiger partial charge in [0.1, 0.15) is 11.4 Å². The molecule has 0 unspecified atom stereocenters. The van der Waals surface area contributed by atoms with Gasteiger partial charge in [-0.3, -0.25) is 4.79 Å². The lowest BCUT2D eigenvalue weighted by Gasteiger charge is -2.08. The van der Waals surface area contributed by atoms with Crippen LogP contribution in [-0.2, 0) is 9.53 Å². The highest BCUT2D eigenvalue weighted by atomic mass is 19.1. The minimum absolute atomic E-state index is 0.134. The lowest BCUT2D eigenvalue weighted by molar-refractivity contribution is -0.135. The topological polar surface area (TPSA) is 55.4 Å². The molecule has 124 valence electrons. The summed E-state index contributed by atoms with van der Waals surface area (Å²) in [4.78, 5) is 24.6. The van der Waals surface area contributed by atoms with Gasteiger partial charge in [0.25, 0.3) is 0 Å². The lowest BCUT2D eigenvalue weighted by atomic mass is 9.99. The van der Waals surface area contributed by atoms with Crippen molar-refractivity contribution < 1.29 is 18.7 Å². The first-order valence-corrected chi connectivity index (χ1v) is 7.35. The minimum Gasteiger partial charge on any atom is -0.465 e. The number of methoxy groups -OCH3 is 1. The average molecular weight is 327 g/mol. The van der Waals surface area contributed by atoms with Crippen molar-refractivity contribution in [2.45, 2.75) is 13.8 Å². The Morgan fingerprint density at radius 1 is 1.04 bits per heavy atom. The molecule has 0 saturated heterocycles. The second-order valence-electron chi connectivity index (χ2n) is 5.33. The van der Waals surface area contributed by atoms with Gasteiger partial charge >= 0.3 is 5.97 Å². The van der Waals surface area contributed by atoms with Gasteiger partial charge < -0.3 is 10.1 Å². The second kappa shape index (κ2) is 7.55. The summed E-state index contributed by atoms with van der Waals surface area (Å²) in [6.07, 6.45) is 1.27. The molecular weight excluding hydrogens is 309 g/mol. The van der Waals surface area contributed by atoms with Gasteiger partial charge in [-0.2, -0.15) is 0 Å². The molecule has 0 saturated carbocycles. The molecule has 0 aliphatic heterocycles. The predicted octanol–water partition coefficient (Wildman–Crippen LogP) is 3.79. The first kappa shape index (κ1) is 17.4. The van der Waals surface area contributed by atoms with E-state index in [0.29, 0.717) is 11.3 Å². The summed E-state index contributed by atoms with van der Waals surface area (Å²) >= 11 is 0. The van der Waals surface area contributed by atoms with Gasteiger partial charge in [0.2, 0.25) is 5.78 Å². The fourth-order valence-electron chi connectivity index (χ4n) is 2.07. The summed E-state index contributed by atoms with van der Waals surface area (Å²) in [6.45, 7) is 3.83. The molecular formula is C19H18FNO3. The molecule has 0 fully saturated rings. The van der Waals surface area contributed by atoms with Crippen LogP contribution >= 0.6 is 0 Å². The molecule has 0 heterocycles. The van der Waals surface area contributed by atoms with Gasteiger partial charge in [0.05, 0.1) is 7.11 Å². The third-order valence-corrected chi connectivity index (χ3v) is 3.65. The molecule has 0 atom stereocenters. The SMILES string of the molecule is COC(=O)C(=CNc1ccc(F)cc1)C(=O)c1ccc(C)c(C)c1. The Kier molecular flexibility index (Phi) is 5.47. The van der Waals surface area contributed by atoms with E-state index in [1.165, 1.54) is 37.6 Å². The number of ketones is 1. The van der Waals surface area contributed by atoms with Crippen molar-refractivity contribution in [3.63, 3.8) is 0 Å². The number of rotatable bonds is 5. The van der Waals surface area contributed by atoms with Crippen molar-refractivity contribution in [2.24, 2.45) is 0 Å². The Bertz CT molecular complexity index is 795. The van der Waals surface area contributed by atoms with Crippen LogP contribution in [0.25, 0.3) is 0 Å². The molecule has 0 aromatic heterocycles. The molecule has 2 aromatic rings. The number of hydrogen-bond donors (Lipinski definition) is 1. The third kappa shape index (κ3) is 4.07. The van der Waals surface area contributed by atoms with Gasteiger partial charge in [-0.05, 0) is 55.3 Å². The van der Waals surface area contributed by atoms with Crippen LogP contribution in [0.3, 0.4) is 0 Å². The summed E-state index contributed by atoms with van der Waals surface area (Å²) in [5, 5.41) is 2.81. The zero-order valence-electron chi connectivity index (χ0n) is 13.7. The molecule has 0 amide bonds. The van der Waals surface area contributed by atoms with Gasteiger partial charge in [-0.1, -0.05) is 12.1 Å². The van der Waals surface area contributed by atoms with Gasteiger partial charge in [-0.15, -0.1) is 0 Å². The summed E-state index contributed by atoms with van der Waals surface area (Å²) in [6, 6.07) is 10.8. The Morgan fingerprint density at radius 2 is 1.71 bits per heavy atom. The molecule has 0 spiro atoms. The number of benzene rings is 2. The van der Waals surface area contributed by atoms with E-state index in [2.05, 4.69) is 10.1 Å². The quantitative estimate of drug-likeness (QED) is 0.298. The highest BCUT2D eigenvalue weighted by molar-refractivity contribution is 6.24. The molecule has 2 aromatic carbocycles. The van der Waals surface area contributed by atoms with Crippen molar-refractivity contribution in [1.29, 1.82) is 0 Å². The van der Waals surface area contributed by atoms with Gasteiger partial charge in [-0.25, -0.2) is 9.18 Å². The molecule has 0 aliphatic carbocycles. The van der Waals surface area contributed by atoms with Crippen molar-refractivity contribution in [3.8, 4) is 0 Å². The predicted molar refractivity (Wildman–Crippen MR) is 90.4 cm³/mol. The lowest BCUT2D eigenvalue weighted by Crippen LogP contribution is -2.16. The summed E-state index contributed by atoms with van der Waals surface area (Å²) in [7, 11) is 1.21. The van der Waals surface area contributed by atoms with Crippen LogP contribution in [0.2, 0.25) is 0 Å². The molecule has 1 N–H and O–H groups in total. The zero-order chi connectivity index (χ0) is 17.7. The maximum atomic E-state index is 12.9. The summed E-state index contributed by atoms with van der Waals surface area (Å²) in [5.41, 5.74) is 2.82. The number of esters is 1. The van der Waals surface area contributed by atoms with Crippen LogP contribution in [0.1, 0.15) is 21.5 Å². The standard InChI is InChI=1S/C19H18FNO3/c1-12-4-5-14(10-13(12)2)18(22)17(19(23)24-3)11-21-16-8-6-15(20)7-9-16/h4-11,21H,1-3H3. The number of aryl methyl sites for hydroxylation is 2. The van der Waals surface area contributed by atoms with E-state index in [-0.39, 0.29) is 11.4 Å². The van der Waals surface area contributed by atoms with E-state index >= 15 is 0 Å². The van der Waals surface area contributed by atoms with Gasteiger partial charge in [0.15, 0.2) is 0 Å². The molecule has 0 aliphatic rings. The Balaban J connectivity index is 2.31. The van der Waals surface area contributed by atoms with Crippen molar-refractivity contribution in [3.05, 3.63) is 76.7 Å². The Hall–Kier alpha value is -2.95. The summed E-state index contributed by atoms with van der Waals surface area (Å²) < 4.78 is 17.6. The van der Waals surface area contributed by atoms with Crippen LogP contribution < -0.4 is 5.32 Å². The monoisotopic (exact) mass is 327 g/mol. The molecule has 2 rings (SSSR count). The third-order valence-electron chi connectivity index (χ3n) is 3.65. The van der Waals surface area contributed by atoms with E-state index < -0.39 is 11.8 Å². The molecule has 5 heteroatoms. The number of hydrogen-bond acceptors (Lipinski definition) is 4. The van der Waals surface area contributed by atoms with Crippen molar-refractivity contribution >= 4 is 17.4 Å². The Labute approximate surface area is 140 Å². The smallest absolute Gasteiger partial charge is 0.343 e. The normalized spacial score (nSPS) is 11.1. The van der Waals surface area contributed by atoms with E-state index in [9.17, 15) is 14.0 Å². The van der Waals surface area contributed by atoms with Crippen LogP contribution in [0.5, 0.6) is 0 Å². The largest absolute Gasteiger partial charge is 0.465 e. The average Bonchev–Trinajstić information content (AvgIpc) is 2.58. The second-order valence-corrected chi connectivity index (χ2v) is 5.33. The number of anilines is 1. The van der Waals surface area contributed by atoms with Crippen LogP contribution in [0.4, 0.5) is 10.1 Å². The minimum atomic E-state index is -0.743. The fourth-order valence-corrected chi connectivity index (χ4v) is 2.07. The number of halogens is 1. The van der Waals surface area contributed by atoms with E-state index in [1.807, 2.05) is 19.9 Å². The number of ether oxygens (including phenoxy) is 1. The molecule has 4 nitrogen and oxygen atoms in total. The van der Waals surface area contributed by atoms with E-state index in [1.54, 1.807) is 12.1 Å². The van der Waals surface area contributed by atoms with Crippen molar-refractivity contribution in [1.82, 2.24) is 0 Å². The van der Waals surface area contributed by atoms with Crippen LogP contribution in [0, 0.1) is 19.7 Å². The Morgan fingerprint density at radius 3 is 2.29 bits per heavy atom. The zero-order valence-corrected chi connectivity index (χ0v) is 13.7. The highest BCUT2D eigenvalue weighted by Gasteiger charge is 2.21. The van der Waals surface area contributed by atoms with Crippen molar-refractivity contribution in [2.75, 3.05) is 12.4 Å². The first-order chi connectivity index (χ1) is 11.4. The first-order valence-electron chi connectivity index (χ1n) is 7.35.